The summed E-state index contributed by atoms with van der Waals surface area (Å²) >= 11 is 0. The van der Waals surface area contributed by atoms with Gasteiger partial charge in [-0.3, -0.25) is 11.1 Å². The van der Waals surface area contributed by atoms with Crippen LogP contribution in [0.4, 0.5) is 0 Å². The van der Waals surface area contributed by atoms with Crippen LogP contribution >= 0.6 is 0 Å². The number of carboxylic acids is 1. The summed E-state index contributed by atoms with van der Waals surface area (Å²) in [4.78, 5) is 22.4. The highest BCUT2D eigenvalue weighted by Crippen LogP contribution is 2.11. The number of rotatable bonds is 4. The molecule has 0 radical (unpaired) electrons. The van der Waals surface area contributed by atoms with Crippen molar-refractivity contribution in [2.75, 3.05) is 6.54 Å². The molecule has 0 aromatic rings. The molecule has 0 rings (SSSR count). The van der Waals surface area contributed by atoms with Crippen molar-refractivity contribution in [3.05, 3.63) is 0 Å². The summed E-state index contributed by atoms with van der Waals surface area (Å²) in [6, 6.07) is 0. The Balaban J connectivity index is 4.79. The number of nitrogens with one attached hydrogen (secondary N) is 1. The number of likely N-dealkylation sites (N-methyl/N-ethyl adjacent to an activating group) is 1. The molecule has 0 aliphatic rings. The van der Waals surface area contributed by atoms with Gasteiger partial charge in [-0.15, -0.1) is 0 Å². The van der Waals surface area contributed by atoms with E-state index < -0.39 is 23.2 Å². The number of aliphatic carboxylic acids is 1. The Bertz CT molecular complexity index is 259. The first-order valence-electron chi connectivity index (χ1n) is 4.64. The fourth-order valence-corrected chi connectivity index (χ4v) is 0.873. The van der Waals surface area contributed by atoms with Gasteiger partial charge in [-0.2, -0.15) is 0 Å². The summed E-state index contributed by atoms with van der Waals surface area (Å²) < 4.78 is 4.91. The maximum Gasteiger partial charge on any atom is 0.353 e. The number of nitrogens with two attached hydrogens (primary N) is 1. The van der Waals surface area contributed by atoms with Crippen LogP contribution in [0.1, 0.15) is 27.7 Å². The van der Waals surface area contributed by atoms with Crippen LogP contribution in [0, 0.1) is 0 Å². The third-order valence-corrected chi connectivity index (χ3v) is 1.51. The minimum atomic E-state index is -2.18. The summed E-state index contributed by atoms with van der Waals surface area (Å²) in [5, 5.41) is 11.2. The van der Waals surface area contributed by atoms with Crippen LogP contribution in [0.2, 0.25) is 0 Å². The number of hydrogen-bond acceptors (Lipinski definition) is 5. The van der Waals surface area contributed by atoms with Gasteiger partial charge in [-0.1, -0.05) is 6.92 Å². The second-order valence-electron chi connectivity index (χ2n) is 4.15. The molecule has 0 fully saturated rings. The molecule has 0 bridgehead atoms. The lowest BCUT2D eigenvalue weighted by molar-refractivity contribution is -0.171. The van der Waals surface area contributed by atoms with Crippen molar-refractivity contribution in [3.63, 3.8) is 0 Å². The molecule has 0 aliphatic heterocycles. The molecule has 0 saturated carbocycles. The lowest BCUT2D eigenvalue weighted by Gasteiger charge is -2.28. The number of carbonyl (C=O) groups excluding carboxylic acids is 1. The Morgan fingerprint density at radius 2 is 1.87 bits per heavy atom. The molecule has 6 nitrogen and oxygen atoms in total. The third kappa shape index (κ3) is 3.85. The number of carboxylic acid groups (broad SMARTS) is 1. The van der Waals surface area contributed by atoms with Gasteiger partial charge in [-0.05, 0) is 27.3 Å². The van der Waals surface area contributed by atoms with Gasteiger partial charge in [0.2, 0.25) is 0 Å². The predicted molar refractivity (Wildman–Crippen MR) is 54.1 cm³/mol. The average molecular weight is 218 g/mol. The van der Waals surface area contributed by atoms with Gasteiger partial charge >= 0.3 is 11.9 Å². The predicted octanol–water partition coefficient (Wildman–Crippen LogP) is -0.323. The second-order valence-corrected chi connectivity index (χ2v) is 4.15. The zero-order valence-electron chi connectivity index (χ0n) is 9.46. The molecule has 0 aromatic carbocycles. The topological polar surface area (TPSA) is 102 Å². The van der Waals surface area contributed by atoms with Crippen LogP contribution in [-0.2, 0) is 14.3 Å². The van der Waals surface area contributed by atoms with E-state index in [9.17, 15) is 9.59 Å². The first-order chi connectivity index (χ1) is 6.63. The molecular weight excluding hydrogens is 200 g/mol. The van der Waals surface area contributed by atoms with Crippen molar-refractivity contribution in [1.29, 1.82) is 0 Å². The molecule has 4 N–H and O–H groups in total. The van der Waals surface area contributed by atoms with Crippen LogP contribution in [0.25, 0.3) is 0 Å². The van der Waals surface area contributed by atoms with Gasteiger partial charge in [0.1, 0.15) is 5.60 Å². The average Bonchev–Trinajstić information content (AvgIpc) is 2.00. The maximum atomic E-state index is 11.5. The fraction of sp³-hybridized carbons (Fsp3) is 0.778. The fourth-order valence-electron chi connectivity index (χ4n) is 0.873. The number of esters is 1. The second kappa shape index (κ2) is 4.59. The lowest BCUT2D eigenvalue weighted by Crippen LogP contribution is -2.66. The number of ether oxygens (including phenoxy) is 1. The van der Waals surface area contributed by atoms with Crippen LogP contribution in [0.5, 0.6) is 0 Å². The normalized spacial score (nSPS) is 15.5. The highest BCUT2D eigenvalue weighted by atomic mass is 16.6. The Kier molecular flexibility index (Phi) is 4.24. The highest BCUT2D eigenvalue weighted by molar-refractivity contribution is 6.03. The van der Waals surface area contributed by atoms with E-state index in [2.05, 4.69) is 5.32 Å². The van der Waals surface area contributed by atoms with Crippen molar-refractivity contribution in [2.45, 2.75) is 39.0 Å². The van der Waals surface area contributed by atoms with Crippen molar-refractivity contribution < 1.29 is 19.4 Å². The van der Waals surface area contributed by atoms with Crippen LogP contribution in [-0.4, -0.2) is 34.9 Å². The molecule has 0 heterocycles. The SMILES string of the molecule is CCNC(N)(C(=O)O)C(=O)OC(C)(C)C. The Labute approximate surface area is 88.8 Å². The molecule has 1 atom stereocenters. The van der Waals surface area contributed by atoms with E-state index in [1.165, 1.54) is 0 Å². The summed E-state index contributed by atoms with van der Waals surface area (Å²) in [7, 11) is 0. The standard InChI is InChI=1S/C9H18N2O4/c1-5-11-9(10,6(12)13)7(14)15-8(2,3)4/h11H,5,10H2,1-4H3,(H,12,13). The summed E-state index contributed by atoms with van der Waals surface area (Å²) in [6.45, 7) is 6.81. The monoisotopic (exact) mass is 218 g/mol. The van der Waals surface area contributed by atoms with Crippen LogP contribution in [0.3, 0.4) is 0 Å². The Morgan fingerprint density at radius 1 is 1.40 bits per heavy atom. The Hall–Kier alpha value is -1.14. The van der Waals surface area contributed by atoms with E-state index in [0.29, 0.717) is 0 Å². The highest BCUT2D eigenvalue weighted by Gasteiger charge is 2.44. The zero-order chi connectivity index (χ0) is 12.3. The van der Waals surface area contributed by atoms with E-state index in [0.717, 1.165) is 0 Å². The molecule has 6 heteroatoms. The van der Waals surface area contributed by atoms with Gasteiger partial charge in [0.25, 0.3) is 5.66 Å². The molecule has 0 saturated heterocycles. The summed E-state index contributed by atoms with van der Waals surface area (Å²) in [6.07, 6.45) is 0. The molecule has 15 heavy (non-hydrogen) atoms. The first-order valence-corrected chi connectivity index (χ1v) is 4.64. The van der Waals surface area contributed by atoms with E-state index in [4.69, 9.17) is 15.6 Å². The largest absolute Gasteiger partial charge is 0.478 e. The van der Waals surface area contributed by atoms with Crippen molar-refractivity contribution in [1.82, 2.24) is 5.32 Å². The molecule has 0 aliphatic carbocycles. The van der Waals surface area contributed by atoms with E-state index >= 15 is 0 Å². The van der Waals surface area contributed by atoms with Gasteiger partial charge in [0.15, 0.2) is 0 Å². The van der Waals surface area contributed by atoms with Crippen LogP contribution in [0.15, 0.2) is 0 Å². The van der Waals surface area contributed by atoms with Gasteiger partial charge in [0, 0.05) is 0 Å². The minimum Gasteiger partial charge on any atom is -0.478 e. The van der Waals surface area contributed by atoms with E-state index in [-0.39, 0.29) is 6.54 Å². The minimum absolute atomic E-state index is 0.252. The third-order valence-electron chi connectivity index (χ3n) is 1.51. The molecule has 0 aromatic heterocycles. The smallest absolute Gasteiger partial charge is 0.353 e. The van der Waals surface area contributed by atoms with E-state index in [1.54, 1.807) is 27.7 Å². The zero-order valence-corrected chi connectivity index (χ0v) is 9.46. The van der Waals surface area contributed by atoms with Crippen molar-refractivity contribution in [2.24, 2.45) is 5.73 Å². The van der Waals surface area contributed by atoms with Gasteiger partial charge < -0.3 is 9.84 Å². The molecular formula is C9H18N2O4. The first kappa shape index (κ1) is 13.9. The maximum absolute atomic E-state index is 11.5. The number of hydrogen-bond donors (Lipinski definition) is 3. The molecule has 0 amide bonds. The van der Waals surface area contributed by atoms with E-state index in [1.807, 2.05) is 0 Å². The summed E-state index contributed by atoms with van der Waals surface area (Å²) in [5.41, 5.74) is 2.47. The van der Waals surface area contributed by atoms with Gasteiger partial charge in [0.05, 0.1) is 0 Å². The van der Waals surface area contributed by atoms with Crippen molar-refractivity contribution in [3.8, 4) is 0 Å². The summed E-state index contributed by atoms with van der Waals surface area (Å²) in [5.74, 6) is -2.46. The van der Waals surface area contributed by atoms with Gasteiger partial charge in [-0.25, -0.2) is 9.59 Å². The van der Waals surface area contributed by atoms with Crippen LogP contribution < -0.4 is 11.1 Å². The number of carbonyl (C=O) groups is 2. The molecule has 0 spiro atoms. The Morgan fingerprint density at radius 3 is 2.13 bits per heavy atom. The van der Waals surface area contributed by atoms with Crippen molar-refractivity contribution >= 4 is 11.9 Å². The lowest BCUT2D eigenvalue weighted by atomic mass is 10.1. The molecule has 1 unspecified atom stereocenters. The molecule has 88 valence electrons. The quantitative estimate of drug-likeness (QED) is 0.339.